The standard InChI is InChI=1S/C10H16O3/c11-6-10(7-12)13-8-9-4-2-1-3-5-9/h2,4-5,10-12H,1,3,6-8H2. The van der Waals surface area contributed by atoms with E-state index in [4.69, 9.17) is 14.9 Å². The quantitative estimate of drug-likeness (QED) is 0.659. The minimum absolute atomic E-state index is 0.131. The molecular weight excluding hydrogens is 168 g/mol. The molecule has 1 aliphatic carbocycles. The van der Waals surface area contributed by atoms with E-state index in [1.807, 2.05) is 6.08 Å². The molecule has 13 heavy (non-hydrogen) atoms. The zero-order chi connectivity index (χ0) is 9.52. The number of aliphatic hydroxyl groups is 2. The molecule has 3 heteroatoms. The lowest BCUT2D eigenvalue weighted by Gasteiger charge is -2.13. The van der Waals surface area contributed by atoms with Crippen molar-refractivity contribution in [3.05, 3.63) is 23.8 Å². The average Bonchev–Trinajstić information content (AvgIpc) is 2.21. The van der Waals surface area contributed by atoms with Gasteiger partial charge >= 0.3 is 0 Å². The zero-order valence-electron chi connectivity index (χ0n) is 7.65. The van der Waals surface area contributed by atoms with Gasteiger partial charge in [-0.25, -0.2) is 0 Å². The Morgan fingerprint density at radius 1 is 1.31 bits per heavy atom. The SMILES string of the molecule is OCC(CO)OCC1=CCCC=C1. The molecule has 0 aliphatic heterocycles. The highest BCUT2D eigenvalue weighted by molar-refractivity contribution is 5.22. The number of allylic oxidation sites excluding steroid dienone is 2. The van der Waals surface area contributed by atoms with Gasteiger partial charge in [-0.1, -0.05) is 18.2 Å². The number of rotatable bonds is 5. The summed E-state index contributed by atoms with van der Waals surface area (Å²) in [4.78, 5) is 0. The largest absolute Gasteiger partial charge is 0.394 e. The molecule has 1 rings (SSSR count). The fraction of sp³-hybridized carbons (Fsp3) is 0.600. The van der Waals surface area contributed by atoms with Crippen molar-refractivity contribution in [2.45, 2.75) is 18.9 Å². The summed E-state index contributed by atoms with van der Waals surface area (Å²) in [6, 6.07) is 0. The maximum absolute atomic E-state index is 8.73. The summed E-state index contributed by atoms with van der Waals surface area (Å²) < 4.78 is 5.26. The van der Waals surface area contributed by atoms with Crippen molar-refractivity contribution in [2.24, 2.45) is 0 Å². The van der Waals surface area contributed by atoms with Gasteiger partial charge in [-0.15, -0.1) is 0 Å². The third-order valence-electron chi connectivity index (χ3n) is 1.96. The first-order valence-electron chi connectivity index (χ1n) is 4.55. The van der Waals surface area contributed by atoms with Crippen LogP contribution in [0.1, 0.15) is 12.8 Å². The smallest absolute Gasteiger partial charge is 0.104 e. The molecule has 2 N–H and O–H groups in total. The molecule has 3 nitrogen and oxygen atoms in total. The summed E-state index contributed by atoms with van der Waals surface area (Å²) in [5.74, 6) is 0. The van der Waals surface area contributed by atoms with E-state index in [0.717, 1.165) is 18.4 Å². The van der Waals surface area contributed by atoms with Gasteiger partial charge < -0.3 is 14.9 Å². The molecule has 0 aromatic heterocycles. The van der Waals surface area contributed by atoms with Crippen LogP contribution in [0.4, 0.5) is 0 Å². The van der Waals surface area contributed by atoms with Gasteiger partial charge in [-0.2, -0.15) is 0 Å². The summed E-state index contributed by atoms with van der Waals surface area (Å²) in [7, 11) is 0. The van der Waals surface area contributed by atoms with Crippen molar-refractivity contribution in [1.82, 2.24) is 0 Å². The summed E-state index contributed by atoms with van der Waals surface area (Å²) >= 11 is 0. The molecule has 74 valence electrons. The third kappa shape index (κ3) is 3.72. The van der Waals surface area contributed by atoms with Gasteiger partial charge in [0.05, 0.1) is 19.8 Å². The molecule has 0 amide bonds. The molecule has 0 fully saturated rings. The van der Waals surface area contributed by atoms with Crippen molar-refractivity contribution in [1.29, 1.82) is 0 Å². The first-order chi connectivity index (χ1) is 6.36. The van der Waals surface area contributed by atoms with E-state index < -0.39 is 6.10 Å². The van der Waals surface area contributed by atoms with Crippen molar-refractivity contribution in [2.75, 3.05) is 19.8 Å². The molecule has 0 aromatic carbocycles. The van der Waals surface area contributed by atoms with Crippen LogP contribution in [0.15, 0.2) is 23.8 Å². The molecule has 0 saturated carbocycles. The first kappa shape index (κ1) is 10.4. The summed E-state index contributed by atoms with van der Waals surface area (Å²) in [6.45, 7) is 0.212. The summed E-state index contributed by atoms with van der Waals surface area (Å²) in [5, 5.41) is 17.5. The van der Waals surface area contributed by atoms with Crippen LogP contribution in [0.2, 0.25) is 0 Å². The van der Waals surface area contributed by atoms with Crippen LogP contribution in [0, 0.1) is 0 Å². The van der Waals surface area contributed by atoms with Crippen molar-refractivity contribution in [3.63, 3.8) is 0 Å². The second-order valence-corrected chi connectivity index (χ2v) is 3.06. The van der Waals surface area contributed by atoms with E-state index in [2.05, 4.69) is 12.2 Å². The minimum atomic E-state index is -0.448. The topological polar surface area (TPSA) is 49.7 Å². The normalized spacial score (nSPS) is 16.4. The molecule has 0 saturated heterocycles. The number of aliphatic hydroxyl groups excluding tert-OH is 2. The van der Waals surface area contributed by atoms with Crippen molar-refractivity contribution < 1.29 is 14.9 Å². The summed E-state index contributed by atoms with van der Waals surface area (Å²) in [5.41, 5.74) is 1.12. The monoisotopic (exact) mass is 184 g/mol. The van der Waals surface area contributed by atoms with E-state index >= 15 is 0 Å². The lowest BCUT2D eigenvalue weighted by Crippen LogP contribution is -2.22. The van der Waals surface area contributed by atoms with Crippen molar-refractivity contribution >= 4 is 0 Å². The second kappa shape index (κ2) is 5.91. The Morgan fingerprint density at radius 2 is 2.08 bits per heavy atom. The minimum Gasteiger partial charge on any atom is -0.394 e. The maximum Gasteiger partial charge on any atom is 0.104 e. The van der Waals surface area contributed by atoms with Crippen LogP contribution in [0.3, 0.4) is 0 Å². The van der Waals surface area contributed by atoms with Gasteiger partial charge in [0.2, 0.25) is 0 Å². The molecular formula is C10H16O3. The molecule has 0 atom stereocenters. The van der Waals surface area contributed by atoms with Crippen LogP contribution in [0.5, 0.6) is 0 Å². The fourth-order valence-corrected chi connectivity index (χ4v) is 1.15. The van der Waals surface area contributed by atoms with E-state index in [1.165, 1.54) is 0 Å². The molecule has 0 spiro atoms. The third-order valence-corrected chi connectivity index (χ3v) is 1.96. The van der Waals surface area contributed by atoms with Gasteiger partial charge in [0.25, 0.3) is 0 Å². The van der Waals surface area contributed by atoms with E-state index in [0.29, 0.717) is 6.61 Å². The van der Waals surface area contributed by atoms with E-state index in [9.17, 15) is 0 Å². The number of hydrogen-bond acceptors (Lipinski definition) is 3. The molecule has 0 bridgehead atoms. The highest BCUT2D eigenvalue weighted by Gasteiger charge is 2.06. The Morgan fingerprint density at radius 3 is 2.62 bits per heavy atom. The Hall–Kier alpha value is -0.640. The van der Waals surface area contributed by atoms with Gasteiger partial charge in [0.15, 0.2) is 0 Å². The van der Waals surface area contributed by atoms with Crippen LogP contribution in [0.25, 0.3) is 0 Å². The number of hydrogen-bond donors (Lipinski definition) is 2. The van der Waals surface area contributed by atoms with Crippen LogP contribution < -0.4 is 0 Å². The molecule has 0 aromatic rings. The van der Waals surface area contributed by atoms with E-state index in [-0.39, 0.29) is 13.2 Å². The molecule has 1 aliphatic rings. The fourth-order valence-electron chi connectivity index (χ4n) is 1.15. The Labute approximate surface area is 78.3 Å². The van der Waals surface area contributed by atoms with Crippen LogP contribution >= 0.6 is 0 Å². The molecule has 0 heterocycles. The first-order valence-corrected chi connectivity index (χ1v) is 4.55. The average molecular weight is 184 g/mol. The zero-order valence-corrected chi connectivity index (χ0v) is 7.65. The highest BCUT2D eigenvalue weighted by atomic mass is 16.5. The Kier molecular flexibility index (Phi) is 4.75. The predicted molar refractivity (Wildman–Crippen MR) is 50.4 cm³/mol. The number of ether oxygens (including phenoxy) is 1. The Bertz CT molecular complexity index is 192. The van der Waals surface area contributed by atoms with Gasteiger partial charge in [-0.05, 0) is 18.4 Å². The second-order valence-electron chi connectivity index (χ2n) is 3.06. The van der Waals surface area contributed by atoms with Gasteiger partial charge in [-0.3, -0.25) is 0 Å². The summed E-state index contributed by atoms with van der Waals surface area (Å²) in [6.07, 6.45) is 7.94. The lowest BCUT2D eigenvalue weighted by molar-refractivity contribution is -0.00911. The van der Waals surface area contributed by atoms with Gasteiger partial charge in [0, 0.05) is 0 Å². The lowest BCUT2D eigenvalue weighted by atomic mass is 10.1. The maximum atomic E-state index is 8.73. The van der Waals surface area contributed by atoms with Gasteiger partial charge in [0.1, 0.15) is 6.10 Å². The van der Waals surface area contributed by atoms with Crippen LogP contribution in [-0.2, 0) is 4.74 Å². The van der Waals surface area contributed by atoms with Crippen LogP contribution in [-0.4, -0.2) is 36.1 Å². The van der Waals surface area contributed by atoms with E-state index in [1.54, 1.807) is 0 Å². The molecule has 0 unspecified atom stereocenters. The van der Waals surface area contributed by atoms with Crippen molar-refractivity contribution in [3.8, 4) is 0 Å². The highest BCUT2D eigenvalue weighted by Crippen LogP contribution is 2.10. The molecule has 0 radical (unpaired) electrons. The Balaban J connectivity index is 2.24. The predicted octanol–water partition coefficient (Wildman–Crippen LogP) is 0.633.